The molecule has 1 unspecified atom stereocenters. The largest absolute Gasteiger partial charge is 0.464 e. The third kappa shape index (κ3) is 1.65. The summed E-state index contributed by atoms with van der Waals surface area (Å²) < 4.78 is 10.2. The minimum absolute atomic E-state index is 0.348. The minimum Gasteiger partial charge on any atom is -0.464 e. The van der Waals surface area contributed by atoms with Crippen LogP contribution < -0.4 is 0 Å². The zero-order valence-electron chi connectivity index (χ0n) is 8.00. The van der Waals surface area contributed by atoms with Crippen molar-refractivity contribution in [3.63, 3.8) is 0 Å². The fraction of sp³-hybridized carbons (Fsp3) is 0.500. The molecule has 0 aromatic carbocycles. The molecule has 0 aromatic heterocycles. The van der Waals surface area contributed by atoms with Gasteiger partial charge in [0.25, 0.3) is 0 Å². The van der Waals surface area contributed by atoms with Crippen LogP contribution in [0.5, 0.6) is 0 Å². The first-order valence-electron chi connectivity index (χ1n) is 4.29. The smallest absolute Gasteiger partial charge is 0.342 e. The number of rotatable bonds is 3. The molecule has 3 nitrogen and oxygen atoms in total. The molecule has 0 saturated carbocycles. The number of ether oxygens (including phenoxy) is 2. The molecule has 0 fully saturated rings. The lowest BCUT2D eigenvalue weighted by Crippen LogP contribution is -2.38. The van der Waals surface area contributed by atoms with Gasteiger partial charge < -0.3 is 9.47 Å². The van der Waals surface area contributed by atoms with Crippen molar-refractivity contribution in [3.05, 3.63) is 24.3 Å². The average molecular weight is 182 g/mol. The summed E-state index contributed by atoms with van der Waals surface area (Å²) in [6, 6.07) is 0. The van der Waals surface area contributed by atoms with E-state index in [0.29, 0.717) is 13.2 Å². The van der Waals surface area contributed by atoms with Gasteiger partial charge in [0.05, 0.1) is 13.2 Å². The summed E-state index contributed by atoms with van der Waals surface area (Å²) in [4.78, 5) is 11.5. The zero-order chi connectivity index (χ0) is 9.90. The highest BCUT2D eigenvalue weighted by Crippen LogP contribution is 2.28. The Morgan fingerprint density at radius 1 is 1.92 bits per heavy atom. The van der Waals surface area contributed by atoms with E-state index in [1.54, 1.807) is 19.9 Å². The van der Waals surface area contributed by atoms with Gasteiger partial charge in [-0.25, -0.2) is 4.79 Å². The van der Waals surface area contributed by atoms with Gasteiger partial charge in [0.1, 0.15) is 0 Å². The summed E-state index contributed by atoms with van der Waals surface area (Å²) in [6.07, 6.45) is 3.47. The van der Waals surface area contributed by atoms with Gasteiger partial charge in [-0.3, -0.25) is 0 Å². The fourth-order valence-electron chi connectivity index (χ4n) is 1.30. The molecule has 13 heavy (non-hydrogen) atoms. The second-order valence-corrected chi connectivity index (χ2v) is 2.93. The molecular formula is C10H14O3. The molecule has 0 amide bonds. The maximum absolute atomic E-state index is 11.5. The van der Waals surface area contributed by atoms with E-state index < -0.39 is 5.60 Å². The SMILES string of the molecule is C=CC1=CCOC1(C)C(=O)OCC. The van der Waals surface area contributed by atoms with Gasteiger partial charge in [-0.15, -0.1) is 0 Å². The Kier molecular flexibility index (Phi) is 2.88. The Balaban J connectivity index is 2.81. The van der Waals surface area contributed by atoms with E-state index in [1.807, 2.05) is 6.08 Å². The number of esters is 1. The molecule has 0 radical (unpaired) electrons. The number of carbonyl (C=O) groups excluding carboxylic acids is 1. The van der Waals surface area contributed by atoms with Crippen molar-refractivity contribution in [2.75, 3.05) is 13.2 Å². The Morgan fingerprint density at radius 2 is 2.62 bits per heavy atom. The van der Waals surface area contributed by atoms with E-state index in [2.05, 4.69) is 6.58 Å². The van der Waals surface area contributed by atoms with Gasteiger partial charge in [0.2, 0.25) is 0 Å². The first-order chi connectivity index (χ1) is 6.15. The molecule has 1 heterocycles. The van der Waals surface area contributed by atoms with Gasteiger partial charge >= 0.3 is 5.97 Å². The monoisotopic (exact) mass is 182 g/mol. The van der Waals surface area contributed by atoms with Gasteiger partial charge in [-0.2, -0.15) is 0 Å². The highest BCUT2D eigenvalue weighted by Gasteiger charge is 2.41. The molecule has 1 aliphatic rings. The minimum atomic E-state index is -0.947. The molecule has 0 aliphatic carbocycles. The van der Waals surface area contributed by atoms with Crippen LogP contribution in [0.3, 0.4) is 0 Å². The summed E-state index contributed by atoms with van der Waals surface area (Å²) in [5.74, 6) is -0.348. The Bertz CT molecular complexity index is 255. The maximum Gasteiger partial charge on any atom is 0.342 e. The van der Waals surface area contributed by atoms with E-state index in [-0.39, 0.29) is 5.97 Å². The molecule has 0 N–H and O–H groups in total. The van der Waals surface area contributed by atoms with Crippen LogP contribution in [-0.2, 0) is 14.3 Å². The van der Waals surface area contributed by atoms with Gasteiger partial charge in [-0.05, 0) is 19.4 Å². The molecular weight excluding hydrogens is 168 g/mol. The molecule has 0 aromatic rings. The van der Waals surface area contributed by atoms with Crippen molar-refractivity contribution in [3.8, 4) is 0 Å². The van der Waals surface area contributed by atoms with E-state index in [1.165, 1.54) is 0 Å². The summed E-state index contributed by atoms with van der Waals surface area (Å²) in [6.45, 7) is 7.90. The second kappa shape index (κ2) is 3.75. The van der Waals surface area contributed by atoms with Crippen LogP contribution in [0.1, 0.15) is 13.8 Å². The third-order valence-electron chi connectivity index (χ3n) is 2.11. The maximum atomic E-state index is 11.5. The predicted octanol–water partition coefficient (Wildman–Crippen LogP) is 1.45. The van der Waals surface area contributed by atoms with Crippen LogP contribution in [0.15, 0.2) is 24.3 Å². The van der Waals surface area contributed by atoms with Crippen molar-refractivity contribution in [1.82, 2.24) is 0 Å². The third-order valence-corrected chi connectivity index (χ3v) is 2.11. The quantitative estimate of drug-likeness (QED) is 0.620. The van der Waals surface area contributed by atoms with Crippen LogP contribution in [-0.4, -0.2) is 24.8 Å². The van der Waals surface area contributed by atoms with Crippen LogP contribution in [0.2, 0.25) is 0 Å². The second-order valence-electron chi connectivity index (χ2n) is 2.93. The first kappa shape index (κ1) is 9.99. The van der Waals surface area contributed by atoms with Crippen LogP contribution in [0, 0.1) is 0 Å². The van der Waals surface area contributed by atoms with Crippen molar-refractivity contribution >= 4 is 5.97 Å². The highest BCUT2D eigenvalue weighted by molar-refractivity contribution is 5.84. The lowest BCUT2D eigenvalue weighted by Gasteiger charge is -2.23. The predicted molar refractivity (Wildman–Crippen MR) is 49.3 cm³/mol. The van der Waals surface area contributed by atoms with E-state index >= 15 is 0 Å². The highest BCUT2D eigenvalue weighted by atomic mass is 16.6. The number of hydrogen-bond donors (Lipinski definition) is 0. The zero-order valence-corrected chi connectivity index (χ0v) is 8.00. The topological polar surface area (TPSA) is 35.5 Å². The summed E-state index contributed by atoms with van der Waals surface area (Å²) in [5, 5.41) is 0. The Morgan fingerprint density at radius 3 is 3.15 bits per heavy atom. The molecule has 1 rings (SSSR count). The first-order valence-corrected chi connectivity index (χ1v) is 4.29. The van der Waals surface area contributed by atoms with E-state index in [4.69, 9.17) is 9.47 Å². The molecule has 3 heteroatoms. The molecule has 1 aliphatic heterocycles. The number of carbonyl (C=O) groups is 1. The Labute approximate surface area is 78.0 Å². The average Bonchev–Trinajstić information content (AvgIpc) is 2.48. The normalized spacial score (nSPS) is 26.8. The summed E-state index contributed by atoms with van der Waals surface area (Å²) >= 11 is 0. The van der Waals surface area contributed by atoms with Crippen molar-refractivity contribution in [2.24, 2.45) is 0 Å². The molecule has 0 saturated heterocycles. The van der Waals surface area contributed by atoms with Crippen molar-refractivity contribution in [2.45, 2.75) is 19.4 Å². The lowest BCUT2D eigenvalue weighted by molar-refractivity contribution is -0.161. The van der Waals surface area contributed by atoms with E-state index in [0.717, 1.165) is 5.57 Å². The van der Waals surface area contributed by atoms with Crippen LogP contribution in [0.4, 0.5) is 0 Å². The van der Waals surface area contributed by atoms with Gasteiger partial charge in [0, 0.05) is 0 Å². The summed E-state index contributed by atoms with van der Waals surface area (Å²) in [7, 11) is 0. The molecule has 0 spiro atoms. The molecule has 1 atom stereocenters. The molecule has 72 valence electrons. The van der Waals surface area contributed by atoms with Gasteiger partial charge in [0.15, 0.2) is 5.60 Å². The Hall–Kier alpha value is -1.09. The number of hydrogen-bond acceptors (Lipinski definition) is 3. The molecule has 0 bridgehead atoms. The summed E-state index contributed by atoms with van der Waals surface area (Å²) in [5.41, 5.74) is -0.163. The fourth-order valence-corrected chi connectivity index (χ4v) is 1.30. The van der Waals surface area contributed by atoms with Crippen molar-refractivity contribution < 1.29 is 14.3 Å². The van der Waals surface area contributed by atoms with Crippen LogP contribution >= 0.6 is 0 Å². The van der Waals surface area contributed by atoms with E-state index in [9.17, 15) is 4.79 Å². The van der Waals surface area contributed by atoms with Gasteiger partial charge in [-0.1, -0.05) is 18.7 Å². The van der Waals surface area contributed by atoms with Crippen LogP contribution in [0.25, 0.3) is 0 Å². The lowest BCUT2D eigenvalue weighted by atomic mass is 9.97. The van der Waals surface area contributed by atoms with Crippen molar-refractivity contribution in [1.29, 1.82) is 0 Å². The standard InChI is InChI=1S/C10H14O3/c1-4-8-6-7-13-10(8,3)9(11)12-5-2/h4,6H,1,5,7H2,2-3H3.